The predicted molar refractivity (Wildman–Crippen MR) is 141 cm³/mol. The Balaban J connectivity index is 0.000000609. The minimum absolute atomic E-state index is 0. The molecule has 32 heavy (non-hydrogen) atoms. The largest absolute Gasteiger partial charge is 0.465 e. The molecular formula is C29H39OSiTi-. The Labute approximate surface area is 214 Å². The number of benzene rings is 2. The van der Waals surface area contributed by atoms with E-state index in [1.807, 2.05) is 18.2 Å². The number of allylic oxidation sites excluding steroid dienone is 2. The van der Waals surface area contributed by atoms with Crippen molar-refractivity contribution in [2.24, 2.45) is 5.41 Å². The van der Waals surface area contributed by atoms with E-state index in [2.05, 4.69) is 116 Å². The SMILES string of the molecule is C=CC(=COc1cccc(C(C)(C)C)c1)C(C)(C)C.C[Si]C.[Ti].c1ccc2[cH-]ccc2c1. The fourth-order valence-electron chi connectivity index (χ4n) is 2.77. The van der Waals surface area contributed by atoms with Crippen LogP contribution in [0, 0.1) is 5.41 Å². The summed E-state index contributed by atoms with van der Waals surface area (Å²) in [7, 11) is 1.08. The fourth-order valence-corrected chi connectivity index (χ4v) is 2.77. The van der Waals surface area contributed by atoms with E-state index in [9.17, 15) is 0 Å². The van der Waals surface area contributed by atoms with E-state index < -0.39 is 0 Å². The molecule has 0 unspecified atom stereocenters. The Morgan fingerprint density at radius 2 is 1.56 bits per heavy atom. The van der Waals surface area contributed by atoms with E-state index in [1.165, 1.54) is 16.3 Å². The van der Waals surface area contributed by atoms with Crippen LogP contribution in [-0.4, -0.2) is 9.52 Å². The zero-order valence-corrected chi connectivity index (χ0v) is 23.7. The number of rotatable bonds is 3. The average Bonchev–Trinajstić information content (AvgIpc) is 3.17. The average molecular weight is 480 g/mol. The molecule has 0 fully saturated rings. The first-order valence-electron chi connectivity index (χ1n) is 10.8. The number of fused-ring (bicyclic) bond motifs is 1. The molecule has 0 heterocycles. The van der Waals surface area contributed by atoms with Gasteiger partial charge in [0.2, 0.25) is 0 Å². The molecular weight excluding hydrogens is 440 g/mol. The molecule has 0 N–H and O–H groups in total. The van der Waals surface area contributed by atoms with Gasteiger partial charge < -0.3 is 4.74 Å². The molecule has 3 aromatic rings. The van der Waals surface area contributed by atoms with Gasteiger partial charge in [0.25, 0.3) is 0 Å². The topological polar surface area (TPSA) is 9.23 Å². The van der Waals surface area contributed by atoms with Gasteiger partial charge >= 0.3 is 0 Å². The van der Waals surface area contributed by atoms with Gasteiger partial charge in [-0.15, -0.1) is 29.7 Å². The normalized spacial score (nSPS) is 11.3. The number of hydrogen-bond donors (Lipinski definition) is 0. The molecule has 1 nitrogen and oxygen atoms in total. The third-order valence-electron chi connectivity index (χ3n) is 4.66. The molecule has 0 aliphatic rings. The van der Waals surface area contributed by atoms with Gasteiger partial charge in [-0.05, 0) is 34.1 Å². The summed E-state index contributed by atoms with van der Waals surface area (Å²) < 4.78 is 5.79. The third kappa shape index (κ3) is 10.7. The molecule has 170 valence electrons. The Morgan fingerprint density at radius 3 is 2.09 bits per heavy atom. The maximum Gasteiger partial charge on any atom is 0.126 e. The molecule has 0 aromatic heterocycles. The number of hydrogen-bond acceptors (Lipinski definition) is 1. The van der Waals surface area contributed by atoms with Gasteiger partial charge in [-0.2, -0.15) is 17.5 Å². The van der Waals surface area contributed by atoms with Crippen LogP contribution in [-0.2, 0) is 27.1 Å². The van der Waals surface area contributed by atoms with Crippen molar-refractivity contribution in [2.75, 3.05) is 0 Å². The molecule has 0 amide bonds. The van der Waals surface area contributed by atoms with E-state index in [1.54, 1.807) is 6.26 Å². The van der Waals surface area contributed by atoms with Crippen molar-refractivity contribution >= 4 is 20.3 Å². The van der Waals surface area contributed by atoms with E-state index in [4.69, 9.17) is 4.74 Å². The molecule has 0 aliphatic heterocycles. The van der Waals surface area contributed by atoms with Crippen LogP contribution in [0.3, 0.4) is 0 Å². The first-order valence-corrected chi connectivity index (χ1v) is 12.8. The van der Waals surface area contributed by atoms with Crippen LogP contribution in [0.4, 0.5) is 0 Å². The van der Waals surface area contributed by atoms with Gasteiger partial charge in [-0.1, -0.05) is 85.5 Å². The zero-order valence-electron chi connectivity index (χ0n) is 21.1. The van der Waals surface area contributed by atoms with Gasteiger partial charge in [-0.25, -0.2) is 0 Å². The van der Waals surface area contributed by atoms with Crippen LogP contribution < -0.4 is 4.74 Å². The van der Waals surface area contributed by atoms with Crippen molar-refractivity contribution in [2.45, 2.75) is 60.1 Å². The predicted octanol–water partition coefficient (Wildman–Crippen LogP) is 8.82. The van der Waals surface area contributed by atoms with Crippen LogP contribution in [0.25, 0.3) is 10.8 Å². The molecule has 2 radical (unpaired) electrons. The van der Waals surface area contributed by atoms with E-state index in [-0.39, 0.29) is 32.5 Å². The molecule has 0 atom stereocenters. The Morgan fingerprint density at radius 1 is 0.938 bits per heavy atom. The first-order chi connectivity index (χ1) is 14.5. The summed E-state index contributed by atoms with van der Waals surface area (Å²) in [4.78, 5) is 0. The summed E-state index contributed by atoms with van der Waals surface area (Å²) in [5, 5.41) is 2.66. The Kier molecular flexibility index (Phi) is 13.6. The quantitative estimate of drug-likeness (QED) is 0.158. The molecule has 0 bridgehead atoms. The van der Waals surface area contributed by atoms with Gasteiger partial charge in [0.1, 0.15) is 5.75 Å². The summed E-state index contributed by atoms with van der Waals surface area (Å²) in [6.07, 6.45) is 3.66. The van der Waals surface area contributed by atoms with Crippen molar-refractivity contribution in [1.82, 2.24) is 0 Å². The summed E-state index contributed by atoms with van der Waals surface area (Å²) in [6.45, 7) is 21.2. The second kappa shape index (κ2) is 14.4. The third-order valence-corrected chi connectivity index (χ3v) is 4.66. The first kappa shape index (κ1) is 30.3. The second-order valence-electron chi connectivity index (χ2n) is 9.58. The molecule has 3 heteroatoms. The van der Waals surface area contributed by atoms with E-state index in [0.29, 0.717) is 0 Å². The van der Waals surface area contributed by atoms with Crippen molar-refractivity contribution in [3.05, 3.63) is 96.8 Å². The Bertz CT molecular complexity index is 925. The minimum atomic E-state index is 0. The van der Waals surface area contributed by atoms with Crippen LogP contribution in [0.1, 0.15) is 47.1 Å². The van der Waals surface area contributed by atoms with Gasteiger partial charge in [-0.3, -0.25) is 0 Å². The van der Waals surface area contributed by atoms with Crippen LogP contribution in [0.5, 0.6) is 5.75 Å². The summed E-state index contributed by atoms with van der Waals surface area (Å²) >= 11 is 0. The van der Waals surface area contributed by atoms with Crippen molar-refractivity contribution in [3.63, 3.8) is 0 Å². The fraction of sp³-hybridized carbons (Fsp3) is 0.345. The summed E-state index contributed by atoms with van der Waals surface area (Å²) in [5.74, 6) is 0.871. The molecule has 3 rings (SSSR count). The van der Waals surface area contributed by atoms with Crippen molar-refractivity contribution in [3.8, 4) is 5.75 Å². The van der Waals surface area contributed by atoms with Crippen LogP contribution >= 0.6 is 0 Å². The van der Waals surface area contributed by atoms with Crippen molar-refractivity contribution in [1.29, 1.82) is 0 Å². The Hall–Kier alpha value is -1.74. The van der Waals surface area contributed by atoms with Gasteiger partial charge in [0.15, 0.2) is 0 Å². The molecule has 0 aliphatic carbocycles. The maximum absolute atomic E-state index is 5.79. The molecule has 3 aromatic carbocycles. The number of ether oxygens (including phenoxy) is 1. The smallest absolute Gasteiger partial charge is 0.126 e. The monoisotopic (exact) mass is 479 g/mol. The van der Waals surface area contributed by atoms with Crippen LogP contribution in [0.15, 0.2) is 91.2 Å². The zero-order chi connectivity index (χ0) is 23.5. The summed E-state index contributed by atoms with van der Waals surface area (Å²) in [6, 6.07) is 22.9. The van der Waals surface area contributed by atoms with Gasteiger partial charge in [0.05, 0.1) is 6.26 Å². The van der Waals surface area contributed by atoms with E-state index >= 15 is 0 Å². The van der Waals surface area contributed by atoms with E-state index in [0.717, 1.165) is 20.8 Å². The van der Waals surface area contributed by atoms with Crippen LogP contribution in [0.2, 0.25) is 13.1 Å². The standard InChI is InChI=1S/C18H26O.C9H7.C2H6Si.Ti/c1-8-14(17(2,3)4)13-19-16-11-9-10-15(12-16)18(5,6)7;1-2-5-9-7-3-6-8(9)4-1;1-3-2;/h8-13H,1H2,2-7H3;1-7H;1-2H3;/q;-1;;. The maximum atomic E-state index is 5.79. The summed E-state index contributed by atoms with van der Waals surface area (Å²) in [5.41, 5.74) is 2.54. The van der Waals surface area contributed by atoms with Crippen molar-refractivity contribution < 1.29 is 26.5 Å². The van der Waals surface area contributed by atoms with Gasteiger partial charge in [0, 0.05) is 31.2 Å². The molecule has 0 saturated heterocycles. The minimum Gasteiger partial charge on any atom is -0.465 e. The molecule has 0 saturated carbocycles. The molecule has 0 spiro atoms. The second-order valence-corrected chi connectivity index (χ2v) is 10.6.